The molecule has 1 aromatic heterocycles. The van der Waals surface area contributed by atoms with Crippen LogP contribution in [0.15, 0.2) is 46.1 Å². The highest BCUT2D eigenvalue weighted by Gasteiger charge is 2.09. The van der Waals surface area contributed by atoms with Gasteiger partial charge in [-0.25, -0.2) is 4.99 Å². The van der Waals surface area contributed by atoms with Crippen molar-refractivity contribution in [3.63, 3.8) is 0 Å². The van der Waals surface area contributed by atoms with Crippen LogP contribution in [0.5, 0.6) is 11.5 Å². The Hall–Kier alpha value is -2.21. The van der Waals surface area contributed by atoms with E-state index in [-0.39, 0.29) is 6.10 Å². The maximum atomic E-state index is 5.95. The van der Waals surface area contributed by atoms with Crippen molar-refractivity contribution in [1.29, 1.82) is 0 Å². The average molecular weight is 347 g/mol. The van der Waals surface area contributed by atoms with Gasteiger partial charge < -0.3 is 20.1 Å². The Morgan fingerprint density at radius 3 is 2.67 bits per heavy atom. The number of guanidine groups is 1. The lowest BCUT2D eigenvalue weighted by Crippen LogP contribution is -2.41. The lowest BCUT2D eigenvalue weighted by molar-refractivity contribution is 0.213. The van der Waals surface area contributed by atoms with Gasteiger partial charge in [-0.05, 0) is 48.4 Å². The van der Waals surface area contributed by atoms with Crippen molar-refractivity contribution in [2.75, 3.05) is 20.2 Å². The van der Waals surface area contributed by atoms with Gasteiger partial charge in [0.05, 0.1) is 20.2 Å². The zero-order chi connectivity index (χ0) is 17.2. The van der Waals surface area contributed by atoms with E-state index in [1.807, 2.05) is 31.2 Å². The Morgan fingerprint density at radius 2 is 2.00 bits per heavy atom. The Labute approximate surface area is 147 Å². The van der Waals surface area contributed by atoms with Crippen LogP contribution in [0.1, 0.15) is 19.4 Å². The zero-order valence-electron chi connectivity index (χ0n) is 14.4. The monoisotopic (exact) mass is 347 g/mol. The number of methoxy groups -OCH3 is 1. The van der Waals surface area contributed by atoms with Crippen molar-refractivity contribution in [2.45, 2.75) is 26.5 Å². The number of para-hydroxylation sites is 2. The molecular weight excluding hydrogens is 322 g/mol. The summed E-state index contributed by atoms with van der Waals surface area (Å²) >= 11 is 1.69. The van der Waals surface area contributed by atoms with Crippen LogP contribution in [-0.2, 0) is 6.54 Å². The molecule has 6 heteroatoms. The molecule has 1 unspecified atom stereocenters. The number of ether oxygens (including phenoxy) is 2. The molecule has 0 amide bonds. The van der Waals surface area contributed by atoms with Gasteiger partial charge in [-0.3, -0.25) is 0 Å². The first-order chi connectivity index (χ1) is 11.7. The summed E-state index contributed by atoms with van der Waals surface area (Å²) in [7, 11) is 1.64. The van der Waals surface area contributed by atoms with E-state index < -0.39 is 0 Å². The minimum absolute atomic E-state index is 0.0219. The van der Waals surface area contributed by atoms with Crippen LogP contribution >= 0.6 is 11.3 Å². The molecule has 0 saturated heterocycles. The predicted molar refractivity (Wildman–Crippen MR) is 100 cm³/mol. The summed E-state index contributed by atoms with van der Waals surface area (Å²) in [4.78, 5) is 4.59. The number of hydrogen-bond acceptors (Lipinski definition) is 4. The molecule has 0 aliphatic carbocycles. The van der Waals surface area contributed by atoms with E-state index in [0.29, 0.717) is 13.1 Å². The average Bonchev–Trinajstić information content (AvgIpc) is 3.11. The van der Waals surface area contributed by atoms with Crippen molar-refractivity contribution in [1.82, 2.24) is 10.6 Å². The molecule has 0 fully saturated rings. The first-order valence-corrected chi connectivity index (χ1v) is 9.00. The van der Waals surface area contributed by atoms with Crippen molar-refractivity contribution in [2.24, 2.45) is 4.99 Å². The number of nitrogens with one attached hydrogen (secondary N) is 2. The molecule has 0 aliphatic rings. The van der Waals surface area contributed by atoms with Gasteiger partial charge in [-0.1, -0.05) is 12.1 Å². The highest BCUT2D eigenvalue weighted by molar-refractivity contribution is 7.07. The predicted octanol–water partition coefficient (Wildman–Crippen LogP) is 3.28. The molecule has 0 radical (unpaired) electrons. The molecular formula is C18H25N3O2S. The van der Waals surface area contributed by atoms with E-state index in [4.69, 9.17) is 9.47 Å². The van der Waals surface area contributed by atoms with Gasteiger partial charge in [0, 0.05) is 6.54 Å². The van der Waals surface area contributed by atoms with Crippen LogP contribution in [0.4, 0.5) is 0 Å². The second-order valence-electron chi connectivity index (χ2n) is 5.29. The maximum Gasteiger partial charge on any atom is 0.191 e. The molecule has 0 aliphatic heterocycles. The number of benzene rings is 1. The van der Waals surface area contributed by atoms with Crippen molar-refractivity contribution in [3.05, 3.63) is 46.7 Å². The van der Waals surface area contributed by atoms with E-state index in [1.54, 1.807) is 18.4 Å². The second kappa shape index (κ2) is 9.82. The van der Waals surface area contributed by atoms with Crippen molar-refractivity contribution >= 4 is 17.3 Å². The topological polar surface area (TPSA) is 54.9 Å². The van der Waals surface area contributed by atoms with E-state index in [9.17, 15) is 0 Å². The third-order valence-corrected chi connectivity index (χ3v) is 4.03. The number of thiophene rings is 1. The summed E-state index contributed by atoms with van der Waals surface area (Å²) < 4.78 is 11.3. The molecule has 2 N–H and O–H groups in total. The van der Waals surface area contributed by atoms with Gasteiger partial charge in [0.2, 0.25) is 0 Å². The van der Waals surface area contributed by atoms with Gasteiger partial charge in [0.1, 0.15) is 6.10 Å². The fourth-order valence-electron chi connectivity index (χ4n) is 2.11. The number of aliphatic imine (C=N–C) groups is 1. The second-order valence-corrected chi connectivity index (χ2v) is 6.07. The van der Waals surface area contributed by atoms with E-state index in [2.05, 4.69) is 39.4 Å². The molecule has 1 heterocycles. The number of hydrogen-bond donors (Lipinski definition) is 2. The largest absolute Gasteiger partial charge is 0.493 e. The Balaban J connectivity index is 1.87. The molecule has 24 heavy (non-hydrogen) atoms. The first-order valence-electron chi connectivity index (χ1n) is 8.05. The van der Waals surface area contributed by atoms with Crippen LogP contribution < -0.4 is 20.1 Å². The van der Waals surface area contributed by atoms with Gasteiger partial charge in [0.25, 0.3) is 0 Å². The van der Waals surface area contributed by atoms with Crippen LogP contribution in [0.2, 0.25) is 0 Å². The molecule has 0 saturated carbocycles. The Kier molecular flexibility index (Phi) is 7.42. The Morgan fingerprint density at radius 1 is 1.21 bits per heavy atom. The van der Waals surface area contributed by atoms with Gasteiger partial charge in [0.15, 0.2) is 17.5 Å². The minimum atomic E-state index is -0.0219. The molecule has 1 aromatic carbocycles. The highest BCUT2D eigenvalue weighted by atomic mass is 32.1. The fourth-order valence-corrected chi connectivity index (χ4v) is 2.77. The van der Waals surface area contributed by atoms with Crippen LogP contribution in [-0.4, -0.2) is 32.3 Å². The van der Waals surface area contributed by atoms with Crippen LogP contribution in [0.25, 0.3) is 0 Å². The quantitative estimate of drug-likeness (QED) is 0.568. The fraction of sp³-hybridized carbons (Fsp3) is 0.389. The van der Waals surface area contributed by atoms with Crippen LogP contribution in [0.3, 0.4) is 0 Å². The molecule has 0 bridgehead atoms. The van der Waals surface area contributed by atoms with Crippen LogP contribution in [0, 0.1) is 0 Å². The molecule has 2 aromatic rings. The summed E-state index contributed by atoms with van der Waals surface area (Å²) in [5, 5.41) is 10.7. The summed E-state index contributed by atoms with van der Waals surface area (Å²) in [5.41, 5.74) is 1.22. The summed E-state index contributed by atoms with van der Waals surface area (Å²) in [5.74, 6) is 2.27. The van der Waals surface area contributed by atoms with E-state index >= 15 is 0 Å². The normalized spacial score (nSPS) is 12.5. The Bertz CT molecular complexity index is 629. The van der Waals surface area contributed by atoms with Gasteiger partial charge in [-0.15, -0.1) is 0 Å². The maximum absolute atomic E-state index is 5.95. The smallest absolute Gasteiger partial charge is 0.191 e. The van der Waals surface area contributed by atoms with Crippen molar-refractivity contribution in [3.8, 4) is 11.5 Å². The third kappa shape index (κ3) is 5.77. The number of nitrogens with zero attached hydrogens (tertiary/aromatic N) is 1. The van der Waals surface area contributed by atoms with Gasteiger partial charge >= 0.3 is 0 Å². The molecule has 5 nitrogen and oxygen atoms in total. The standard InChI is InChI=1S/C18H25N3O2S/c1-4-19-18(21-12-15-9-10-24-13-15)20-11-14(2)23-17-8-6-5-7-16(17)22-3/h5-10,13-14H,4,11-12H2,1-3H3,(H2,19,20,21). The first kappa shape index (κ1) is 18.1. The summed E-state index contributed by atoms with van der Waals surface area (Å²) in [6.07, 6.45) is -0.0219. The summed E-state index contributed by atoms with van der Waals surface area (Å²) in [6.45, 7) is 6.20. The highest BCUT2D eigenvalue weighted by Crippen LogP contribution is 2.26. The zero-order valence-corrected chi connectivity index (χ0v) is 15.2. The number of rotatable bonds is 8. The van der Waals surface area contributed by atoms with Gasteiger partial charge in [-0.2, -0.15) is 11.3 Å². The lowest BCUT2D eigenvalue weighted by atomic mass is 10.3. The third-order valence-electron chi connectivity index (χ3n) is 3.30. The molecule has 2 rings (SSSR count). The molecule has 1 atom stereocenters. The summed E-state index contributed by atoms with van der Waals surface area (Å²) in [6, 6.07) is 9.75. The SMILES string of the molecule is CCNC(=NCc1ccsc1)NCC(C)Oc1ccccc1OC. The lowest BCUT2D eigenvalue weighted by Gasteiger charge is -2.19. The minimum Gasteiger partial charge on any atom is -0.493 e. The van der Waals surface area contributed by atoms with E-state index in [0.717, 1.165) is 24.0 Å². The molecule has 0 spiro atoms. The van der Waals surface area contributed by atoms with Crippen molar-refractivity contribution < 1.29 is 9.47 Å². The van der Waals surface area contributed by atoms with E-state index in [1.165, 1.54) is 5.56 Å². The molecule has 130 valence electrons.